The first-order chi connectivity index (χ1) is 15.0. The minimum absolute atomic E-state index is 0.0844. The first-order valence-electron chi connectivity index (χ1n) is 11.2. The second-order valence-electron chi connectivity index (χ2n) is 8.21. The normalized spacial score (nSPS) is 16.7. The molecule has 0 aliphatic carbocycles. The molecule has 11 nitrogen and oxygen atoms in total. The number of hydrogen-bond donors (Lipinski definition) is 7. The van der Waals surface area contributed by atoms with E-state index in [1.54, 1.807) is 6.92 Å². The SMILES string of the molecule is CCC(C)C(N)C(=O)NC(C(=O)NC(CO)C(=O)NC(CCCCN)C(=O)O)C(C)CC. The number of carbonyl (C=O) groups excluding carboxylic acids is 3. The van der Waals surface area contributed by atoms with Gasteiger partial charge in [-0.15, -0.1) is 0 Å². The van der Waals surface area contributed by atoms with Crippen molar-refractivity contribution in [1.29, 1.82) is 0 Å². The van der Waals surface area contributed by atoms with Gasteiger partial charge in [-0.1, -0.05) is 40.5 Å². The number of hydrogen-bond acceptors (Lipinski definition) is 7. The van der Waals surface area contributed by atoms with E-state index in [2.05, 4.69) is 16.0 Å². The van der Waals surface area contributed by atoms with Crippen LogP contribution in [0.15, 0.2) is 0 Å². The lowest BCUT2D eigenvalue weighted by atomic mass is 9.95. The first kappa shape index (κ1) is 29.8. The zero-order valence-corrected chi connectivity index (χ0v) is 19.6. The number of aliphatic hydroxyl groups is 1. The summed E-state index contributed by atoms with van der Waals surface area (Å²) in [5.41, 5.74) is 11.4. The summed E-state index contributed by atoms with van der Waals surface area (Å²) in [5.74, 6) is -3.54. The minimum atomic E-state index is -1.37. The van der Waals surface area contributed by atoms with Gasteiger partial charge in [0.1, 0.15) is 18.1 Å². The lowest BCUT2D eigenvalue weighted by Crippen LogP contribution is -2.59. The molecule has 0 bridgehead atoms. The fourth-order valence-electron chi connectivity index (χ4n) is 2.94. The summed E-state index contributed by atoms with van der Waals surface area (Å²) in [7, 11) is 0. The number of nitrogens with two attached hydrogens (primary N) is 2. The molecule has 0 rings (SSSR count). The molecule has 3 amide bonds. The Morgan fingerprint density at radius 3 is 1.88 bits per heavy atom. The second-order valence-corrected chi connectivity index (χ2v) is 8.21. The molecular formula is C21H41N5O6. The molecule has 6 unspecified atom stereocenters. The van der Waals surface area contributed by atoms with Crippen molar-refractivity contribution in [3.8, 4) is 0 Å². The molecule has 0 aromatic carbocycles. The van der Waals surface area contributed by atoms with Crippen LogP contribution in [0.25, 0.3) is 0 Å². The molecule has 0 spiro atoms. The predicted octanol–water partition coefficient (Wildman–Crippen LogP) is -0.934. The highest BCUT2D eigenvalue weighted by atomic mass is 16.4. The zero-order chi connectivity index (χ0) is 24.8. The topological polar surface area (TPSA) is 197 Å². The molecule has 0 radical (unpaired) electrons. The Bertz CT molecular complexity index is 617. The molecular weight excluding hydrogens is 418 g/mol. The first-order valence-corrected chi connectivity index (χ1v) is 11.2. The van der Waals surface area contributed by atoms with Crippen LogP contribution in [-0.4, -0.2) is 71.2 Å². The Labute approximate surface area is 190 Å². The number of carboxylic acids is 1. The molecule has 0 saturated heterocycles. The van der Waals surface area contributed by atoms with Crippen molar-refractivity contribution >= 4 is 23.7 Å². The standard InChI is InChI=1S/C21H41N5O6/c1-5-12(3)16(23)19(29)26-17(13(4)6-2)20(30)25-15(11-27)18(28)24-14(21(31)32)9-7-8-10-22/h12-17,27H,5-11,22-23H2,1-4H3,(H,24,28)(H,25,30)(H,26,29)(H,31,32). The number of unbranched alkanes of at least 4 members (excludes halogenated alkanes) is 1. The van der Waals surface area contributed by atoms with Crippen molar-refractivity contribution in [3.63, 3.8) is 0 Å². The van der Waals surface area contributed by atoms with E-state index in [1.165, 1.54) is 0 Å². The highest BCUT2D eigenvalue weighted by molar-refractivity contribution is 5.94. The minimum Gasteiger partial charge on any atom is -0.480 e. The molecule has 6 atom stereocenters. The van der Waals surface area contributed by atoms with Crippen molar-refractivity contribution in [1.82, 2.24) is 16.0 Å². The summed E-state index contributed by atoms with van der Waals surface area (Å²) < 4.78 is 0. The highest BCUT2D eigenvalue weighted by Gasteiger charge is 2.32. The average Bonchev–Trinajstić information content (AvgIpc) is 2.77. The van der Waals surface area contributed by atoms with Gasteiger partial charge >= 0.3 is 5.97 Å². The van der Waals surface area contributed by atoms with E-state index in [9.17, 15) is 29.4 Å². The molecule has 0 saturated carbocycles. The van der Waals surface area contributed by atoms with Crippen LogP contribution in [0.1, 0.15) is 59.8 Å². The lowest BCUT2D eigenvalue weighted by molar-refractivity contribution is -0.143. The Kier molecular flexibility index (Phi) is 14.5. The summed E-state index contributed by atoms with van der Waals surface area (Å²) in [5, 5.41) is 26.3. The summed E-state index contributed by atoms with van der Waals surface area (Å²) >= 11 is 0. The van der Waals surface area contributed by atoms with Gasteiger partial charge in [-0.3, -0.25) is 14.4 Å². The number of rotatable bonds is 16. The Morgan fingerprint density at radius 1 is 0.844 bits per heavy atom. The summed E-state index contributed by atoms with van der Waals surface area (Å²) in [6.45, 7) is 7.02. The van der Waals surface area contributed by atoms with Crippen LogP contribution in [0.5, 0.6) is 0 Å². The average molecular weight is 460 g/mol. The van der Waals surface area contributed by atoms with Crippen LogP contribution in [0.4, 0.5) is 0 Å². The Morgan fingerprint density at radius 2 is 1.41 bits per heavy atom. The third-order valence-corrected chi connectivity index (χ3v) is 5.73. The van der Waals surface area contributed by atoms with Gasteiger partial charge in [0.25, 0.3) is 0 Å². The molecule has 0 aromatic rings. The molecule has 32 heavy (non-hydrogen) atoms. The van der Waals surface area contributed by atoms with Crippen LogP contribution >= 0.6 is 0 Å². The van der Waals surface area contributed by atoms with Crippen molar-refractivity contribution in [2.45, 2.75) is 84.0 Å². The molecule has 0 aliphatic heterocycles. The van der Waals surface area contributed by atoms with Crippen molar-refractivity contribution in [3.05, 3.63) is 0 Å². The van der Waals surface area contributed by atoms with Crippen molar-refractivity contribution < 1.29 is 29.4 Å². The van der Waals surface area contributed by atoms with Gasteiger partial charge in [-0.25, -0.2) is 4.79 Å². The summed E-state index contributed by atoms with van der Waals surface area (Å²) in [4.78, 5) is 49.3. The monoisotopic (exact) mass is 459 g/mol. The highest BCUT2D eigenvalue weighted by Crippen LogP contribution is 2.11. The van der Waals surface area contributed by atoms with E-state index in [0.29, 0.717) is 32.2 Å². The molecule has 11 heteroatoms. The van der Waals surface area contributed by atoms with Crippen LogP contribution < -0.4 is 27.4 Å². The summed E-state index contributed by atoms with van der Waals surface area (Å²) in [6, 6.07) is -4.30. The third kappa shape index (κ3) is 9.92. The molecule has 186 valence electrons. The van der Waals surface area contributed by atoms with Gasteiger partial charge in [0.05, 0.1) is 12.6 Å². The largest absolute Gasteiger partial charge is 0.480 e. The van der Waals surface area contributed by atoms with Gasteiger partial charge < -0.3 is 37.6 Å². The van der Waals surface area contributed by atoms with Crippen LogP contribution in [-0.2, 0) is 19.2 Å². The molecule has 0 aliphatic rings. The van der Waals surface area contributed by atoms with Gasteiger partial charge in [0.15, 0.2) is 0 Å². The Hall–Kier alpha value is -2.24. The van der Waals surface area contributed by atoms with E-state index in [1.807, 2.05) is 20.8 Å². The van der Waals surface area contributed by atoms with Gasteiger partial charge in [-0.05, 0) is 37.6 Å². The molecule has 0 fully saturated rings. The fraction of sp³-hybridized carbons (Fsp3) is 0.810. The number of carbonyl (C=O) groups is 4. The van der Waals surface area contributed by atoms with Crippen LogP contribution in [0.3, 0.4) is 0 Å². The third-order valence-electron chi connectivity index (χ3n) is 5.73. The number of aliphatic carboxylic acids is 1. The van der Waals surface area contributed by atoms with E-state index < -0.39 is 54.5 Å². The maximum Gasteiger partial charge on any atom is 0.326 e. The van der Waals surface area contributed by atoms with Gasteiger partial charge in [0, 0.05) is 0 Å². The number of carboxylic acid groups (broad SMARTS) is 1. The van der Waals surface area contributed by atoms with Crippen LogP contribution in [0.2, 0.25) is 0 Å². The zero-order valence-electron chi connectivity index (χ0n) is 19.6. The molecule has 0 heterocycles. The van der Waals surface area contributed by atoms with E-state index in [-0.39, 0.29) is 18.3 Å². The van der Waals surface area contributed by atoms with Crippen LogP contribution in [0, 0.1) is 11.8 Å². The lowest BCUT2D eigenvalue weighted by Gasteiger charge is -2.28. The van der Waals surface area contributed by atoms with Crippen molar-refractivity contribution in [2.75, 3.05) is 13.2 Å². The maximum atomic E-state index is 12.9. The second kappa shape index (κ2) is 15.5. The smallest absolute Gasteiger partial charge is 0.326 e. The van der Waals surface area contributed by atoms with E-state index in [0.717, 1.165) is 0 Å². The summed E-state index contributed by atoms with van der Waals surface area (Å²) in [6.07, 6.45) is 2.54. The van der Waals surface area contributed by atoms with E-state index >= 15 is 0 Å². The number of amides is 3. The number of nitrogens with one attached hydrogen (secondary N) is 3. The van der Waals surface area contributed by atoms with Crippen molar-refractivity contribution in [2.24, 2.45) is 23.3 Å². The quantitative estimate of drug-likeness (QED) is 0.144. The fourth-order valence-corrected chi connectivity index (χ4v) is 2.94. The predicted molar refractivity (Wildman–Crippen MR) is 120 cm³/mol. The molecule has 9 N–H and O–H groups in total. The molecule has 0 aromatic heterocycles. The number of aliphatic hydroxyl groups excluding tert-OH is 1. The Balaban J connectivity index is 5.26. The van der Waals surface area contributed by atoms with E-state index in [4.69, 9.17) is 11.5 Å². The van der Waals surface area contributed by atoms with Gasteiger partial charge in [0.2, 0.25) is 17.7 Å². The van der Waals surface area contributed by atoms with Gasteiger partial charge in [-0.2, -0.15) is 0 Å². The maximum absolute atomic E-state index is 12.9.